The van der Waals surface area contributed by atoms with Crippen LogP contribution in [0.1, 0.15) is 57.8 Å². The summed E-state index contributed by atoms with van der Waals surface area (Å²) in [5.41, 5.74) is 10.2. The molecule has 2 aromatic heterocycles. The largest absolute Gasteiger partial charge is 0.424 e. The van der Waals surface area contributed by atoms with E-state index in [1.165, 1.54) is 10.1 Å². The van der Waals surface area contributed by atoms with Crippen LogP contribution in [-0.2, 0) is 10.1 Å². The van der Waals surface area contributed by atoms with Crippen LogP contribution in [0.15, 0.2) is 47.4 Å². The number of rotatable bonds is 5. The zero-order valence-corrected chi connectivity index (χ0v) is 22.5. The van der Waals surface area contributed by atoms with Gasteiger partial charge in [0.15, 0.2) is 5.82 Å². The van der Waals surface area contributed by atoms with Gasteiger partial charge in [0.05, 0.1) is 22.5 Å². The molecule has 2 atom stereocenters. The monoisotopic (exact) mass is 520 g/mol. The predicted molar refractivity (Wildman–Crippen MR) is 149 cm³/mol. The highest BCUT2D eigenvalue weighted by Gasteiger charge is 2.36. The summed E-state index contributed by atoms with van der Waals surface area (Å²) in [6.45, 7) is 9.95. The highest BCUT2D eigenvalue weighted by molar-refractivity contribution is 6.70. The van der Waals surface area contributed by atoms with E-state index in [4.69, 9.17) is 22.0 Å². The van der Waals surface area contributed by atoms with Crippen LogP contribution in [0.3, 0.4) is 0 Å². The maximum Gasteiger partial charge on any atom is 0.354 e. The molecule has 3 N–H and O–H groups in total. The second-order valence-corrected chi connectivity index (χ2v) is 11.4. The van der Waals surface area contributed by atoms with Crippen molar-refractivity contribution in [1.29, 1.82) is 0 Å². The van der Waals surface area contributed by atoms with Crippen molar-refractivity contribution in [2.45, 2.75) is 64.9 Å². The lowest BCUT2D eigenvalue weighted by Gasteiger charge is -2.19. The molecule has 37 heavy (non-hydrogen) atoms. The van der Waals surface area contributed by atoms with E-state index in [1.807, 2.05) is 38.0 Å². The Kier molecular flexibility index (Phi) is 6.55. The van der Waals surface area contributed by atoms with Gasteiger partial charge >= 0.3 is 12.6 Å². The Bertz CT molecular complexity index is 1540. The molecule has 4 aromatic rings. The smallest absolute Gasteiger partial charge is 0.354 e. The molecule has 0 fully saturated rings. The average molecular weight is 521 g/mol. The van der Waals surface area contributed by atoms with Crippen molar-refractivity contribution in [2.24, 2.45) is 5.73 Å². The zero-order valence-electron chi connectivity index (χ0n) is 21.7. The summed E-state index contributed by atoms with van der Waals surface area (Å²) < 4.78 is 23.1. The summed E-state index contributed by atoms with van der Waals surface area (Å²) in [6, 6.07) is 11.5. The van der Waals surface area contributed by atoms with Gasteiger partial charge in [-0.3, -0.25) is 4.57 Å². The maximum absolute atomic E-state index is 15.5. The van der Waals surface area contributed by atoms with Gasteiger partial charge in [-0.25, -0.2) is 9.18 Å². The molecule has 9 heteroatoms. The predicted octanol–water partition coefficient (Wildman–Crippen LogP) is 5.50. The fourth-order valence-electron chi connectivity index (χ4n) is 5.01. The Morgan fingerprint density at radius 2 is 1.97 bits per heavy atom. The average Bonchev–Trinajstić information content (AvgIpc) is 3.38. The summed E-state index contributed by atoms with van der Waals surface area (Å²) >= 11 is 6.53. The topological polar surface area (TPSA) is 85.9 Å². The fraction of sp³-hybridized carbons (Fsp3) is 0.357. The van der Waals surface area contributed by atoms with Gasteiger partial charge in [-0.15, -0.1) is 0 Å². The van der Waals surface area contributed by atoms with E-state index in [9.17, 15) is 4.79 Å². The zero-order chi connectivity index (χ0) is 26.6. The molecule has 192 valence electrons. The third-order valence-electron chi connectivity index (χ3n) is 7.09. The van der Waals surface area contributed by atoms with E-state index in [0.717, 1.165) is 18.4 Å². The van der Waals surface area contributed by atoms with Crippen molar-refractivity contribution in [1.82, 2.24) is 14.5 Å². The third kappa shape index (κ3) is 4.74. The summed E-state index contributed by atoms with van der Waals surface area (Å²) in [5.74, 6) is -0.525. The van der Waals surface area contributed by atoms with Gasteiger partial charge in [0.1, 0.15) is 5.65 Å². The second kappa shape index (κ2) is 9.42. The molecule has 0 aliphatic carbocycles. The number of fused-ring (bicyclic) bond motifs is 2. The normalized spacial score (nSPS) is 16.4. The number of aromatic amines is 1. The standard InChI is InChI=1S/C28H31BClFN4O2/c1-15(32)6-11-22-20-13-19(25(31)24(30)23(20)29(5)37-22)21-12-16-14-35(27(36)34-26(16)33-21)18-9-7-17(8-10-18)28(2,3)4/h7-10,12-15,22H,6,11,32H2,1-5H3,(H,33,34,36)/t15-,22?/m0/s1. The minimum atomic E-state index is -0.525. The number of benzene rings is 2. The van der Waals surface area contributed by atoms with Crippen LogP contribution in [0.4, 0.5) is 4.39 Å². The molecule has 3 heterocycles. The molecule has 0 saturated carbocycles. The van der Waals surface area contributed by atoms with Gasteiger partial charge in [0.2, 0.25) is 0 Å². The van der Waals surface area contributed by atoms with Crippen LogP contribution in [0.5, 0.6) is 0 Å². The molecule has 0 saturated heterocycles. The van der Waals surface area contributed by atoms with Crippen LogP contribution in [0.25, 0.3) is 28.0 Å². The number of H-pyrrole nitrogens is 1. The number of hydrogen-bond acceptors (Lipinski definition) is 4. The SMILES string of the molecule is CB1OC(CC[C@H](C)N)c2cc(-c3cc4cn(-c5ccc(C(C)(C)C)cc5)c(=O)nc4[nH]3)c(F)c(Cl)c21. The Balaban J connectivity index is 1.56. The van der Waals surface area contributed by atoms with Gasteiger partial charge in [-0.2, -0.15) is 4.98 Å². The molecular weight excluding hydrogens is 490 g/mol. The molecular formula is C28H31BClFN4O2. The summed E-state index contributed by atoms with van der Waals surface area (Å²) in [5, 5.41) is 0.747. The molecule has 0 bridgehead atoms. The number of nitrogens with one attached hydrogen (secondary N) is 1. The molecule has 0 spiro atoms. The van der Waals surface area contributed by atoms with Crippen molar-refractivity contribution in [3.63, 3.8) is 0 Å². The highest BCUT2D eigenvalue weighted by atomic mass is 35.5. The molecule has 1 unspecified atom stereocenters. The second-order valence-electron chi connectivity index (χ2n) is 11.1. The minimum Gasteiger partial charge on any atom is -0.424 e. The lowest BCUT2D eigenvalue weighted by atomic mass is 9.64. The Morgan fingerprint density at radius 1 is 1.27 bits per heavy atom. The lowest BCUT2D eigenvalue weighted by molar-refractivity contribution is 0.207. The van der Waals surface area contributed by atoms with E-state index < -0.39 is 11.5 Å². The Labute approximate surface area is 221 Å². The van der Waals surface area contributed by atoms with Crippen LogP contribution >= 0.6 is 11.6 Å². The van der Waals surface area contributed by atoms with Crippen molar-refractivity contribution >= 4 is 35.0 Å². The van der Waals surface area contributed by atoms with Crippen molar-refractivity contribution in [2.75, 3.05) is 0 Å². The summed E-state index contributed by atoms with van der Waals surface area (Å²) in [4.78, 5) is 20.2. The van der Waals surface area contributed by atoms with Gasteiger partial charge in [0, 0.05) is 23.2 Å². The maximum atomic E-state index is 15.5. The molecule has 0 amide bonds. The molecule has 2 aromatic carbocycles. The first-order valence-electron chi connectivity index (χ1n) is 12.6. The lowest BCUT2D eigenvalue weighted by Crippen LogP contribution is -2.26. The van der Waals surface area contributed by atoms with Crippen molar-refractivity contribution in [3.8, 4) is 16.9 Å². The molecule has 6 nitrogen and oxygen atoms in total. The summed E-state index contributed by atoms with van der Waals surface area (Å²) in [6.07, 6.45) is 3.01. The number of nitrogens with zero attached hydrogens (tertiary/aromatic N) is 2. The Morgan fingerprint density at radius 3 is 2.62 bits per heavy atom. The van der Waals surface area contributed by atoms with Gasteiger partial charge in [-0.1, -0.05) is 51.3 Å². The Hall–Kier alpha value is -2.94. The van der Waals surface area contributed by atoms with E-state index in [1.54, 1.807) is 18.3 Å². The fourth-order valence-corrected chi connectivity index (χ4v) is 5.37. The molecule has 1 aliphatic rings. The number of hydrogen-bond donors (Lipinski definition) is 2. The number of aromatic nitrogens is 3. The number of halogens is 2. The highest BCUT2D eigenvalue weighted by Crippen LogP contribution is 2.37. The van der Waals surface area contributed by atoms with Crippen molar-refractivity contribution < 1.29 is 9.04 Å². The molecule has 5 rings (SSSR count). The van der Waals surface area contributed by atoms with Crippen LogP contribution in [0, 0.1) is 5.82 Å². The summed E-state index contributed by atoms with van der Waals surface area (Å²) in [7, 11) is 0. The number of nitrogens with two attached hydrogens (primary N) is 1. The van der Waals surface area contributed by atoms with Crippen LogP contribution in [-0.4, -0.2) is 27.5 Å². The van der Waals surface area contributed by atoms with E-state index in [-0.39, 0.29) is 29.5 Å². The quantitative estimate of drug-likeness (QED) is 0.340. The van der Waals surface area contributed by atoms with Gasteiger partial charge < -0.3 is 15.4 Å². The first kappa shape index (κ1) is 25.7. The van der Waals surface area contributed by atoms with Gasteiger partial charge in [0.25, 0.3) is 0 Å². The van der Waals surface area contributed by atoms with Crippen LogP contribution < -0.4 is 16.9 Å². The first-order chi connectivity index (χ1) is 17.4. The molecule has 0 radical (unpaired) electrons. The first-order valence-corrected chi connectivity index (χ1v) is 13.0. The minimum absolute atomic E-state index is 0.00680. The van der Waals surface area contributed by atoms with Gasteiger partial charge in [-0.05, 0) is 66.0 Å². The van der Waals surface area contributed by atoms with Crippen LogP contribution in [0.2, 0.25) is 11.8 Å². The van der Waals surface area contributed by atoms with E-state index >= 15 is 4.39 Å². The van der Waals surface area contributed by atoms with E-state index in [2.05, 4.69) is 30.7 Å². The molecule has 1 aliphatic heterocycles. The third-order valence-corrected chi connectivity index (χ3v) is 7.46. The van der Waals surface area contributed by atoms with E-state index in [0.29, 0.717) is 33.4 Å². The van der Waals surface area contributed by atoms with Crippen molar-refractivity contribution in [3.05, 3.63) is 75.0 Å².